The lowest BCUT2D eigenvalue weighted by atomic mass is 9.97. The highest BCUT2D eigenvalue weighted by molar-refractivity contribution is 6.03. The first-order valence-electron chi connectivity index (χ1n) is 12.7. The highest BCUT2D eigenvalue weighted by Gasteiger charge is 2.36. The van der Waals surface area contributed by atoms with Gasteiger partial charge in [0, 0.05) is 11.8 Å². The van der Waals surface area contributed by atoms with Crippen LogP contribution in [0.4, 0.5) is 18.9 Å². The molecule has 0 aliphatic heterocycles. The van der Waals surface area contributed by atoms with Crippen molar-refractivity contribution >= 4 is 11.6 Å². The quantitative estimate of drug-likeness (QED) is 0.265. The zero-order chi connectivity index (χ0) is 28.3. The molecular formula is C30H26F3N5O2. The molecule has 2 N–H and O–H groups in total. The lowest BCUT2D eigenvalue weighted by molar-refractivity contribution is -0.141. The molecule has 5 rings (SSSR count). The topological polar surface area (TPSA) is 92.0 Å². The molecule has 1 aliphatic rings. The number of aromatic nitrogens is 2. The van der Waals surface area contributed by atoms with Gasteiger partial charge in [0.1, 0.15) is 11.4 Å². The third-order valence-electron chi connectivity index (χ3n) is 6.69. The summed E-state index contributed by atoms with van der Waals surface area (Å²) < 4.78 is 46.8. The van der Waals surface area contributed by atoms with Gasteiger partial charge in [-0.2, -0.15) is 23.5 Å². The molecule has 10 heteroatoms. The molecule has 4 aromatic rings. The van der Waals surface area contributed by atoms with Crippen LogP contribution in [0.25, 0.3) is 5.69 Å². The van der Waals surface area contributed by atoms with Crippen molar-refractivity contribution in [2.45, 2.75) is 25.1 Å². The second kappa shape index (κ2) is 11.2. The van der Waals surface area contributed by atoms with Crippen LogP contribution in [0.3, 0.4) is 0 Å². The van der Waals surface area contributed by atoms with Crippen LogP contribution in [-0.4, -0.2) is 29.3 Å². The Morgan fingerprint density at radius 3 is 2.50 bits per heavy atom. The summed E-state index contributed by atoms with van der Waals surface area (Å²) in [6, 6.07) is 23.3. The molecule has 1 heterocycles. The number of amides is 1. The van der Waals surface area contributed by atoms with Gasteiger partial charge in [-0.15, -0.1) is 0 Å². The second-order valence-electron chi connectivity index (χ2n) is 9.62. The predicted octanol–water partition coefficient (Wildman–Crippen LogP) is 6.11. The highest BCUT2D eigenvalue weighted by atomic mass is 19.4. The number of alkyl halides is 3. The smallest absolute Gasteiger partial charge is 0.435 e. The van der Waals surface area contributed by atoms with Crippen molar-refractivity contribution in [2.24, 2.45) is 5.92 Å². The number of hydrogen-bond donors (Lipinski definition) is 2. The SMILES string of the molecule is COc1ccc(C(NCC2CC2)c2cccc(NC(=O)c3cc(C(F)(F)F)nn3-c3cccc(C#N)c3)c2)cc1. The maximum Gasteiger partial charge on any atom is 0.435 e. The second-order valence-corrected chi connectivity index (χ2v) is 9.62. The van der Waals surface area contributed by atoms with Gasteiger partial charge in [-0.25, -0.2) is 4.68 Å². The number of nitriles is 1. The average Bonchev–Trinajstić information content (AvgIpc) is 3.67. The van der Waals surface area contributed by atoms with E-state index in [0.717, 1.165) is 28.1 Å². The molecular weight excluding hydrogens is 519 g/mol. The van der Waals surface area contributed by atoms with Gasteiger partial charge in [-0.3, -0.25) is 4.79 Å². The van der Waals surface area contributed by atoms with E-state index >= 15 is 0 Å². The van der Waals surface area contributed by atoms with Crippen LogP contribution >= 0.6 is 0 Å². The molecule has 1 fully saturated rings. The summed E-state index contributed by atoms with van der Waals surface area (Å²) in [5.41, 5.74) is 1.18. The molecule has 1 aromatic heterocycles. The van der Waals surface area contributed by atoms with Gasteiger partial charge in [0.05, 0.1) is 30.5 Å². The fourth-order valence-electron chi connectivity index (χ4n) is 4.41. The summed E-state index contributed by atoms with van der Waals surface area (Å²) in [6.45, 7) is 0.842. The van der Waals surface area contributed by atoms with Crippen molar-refractivity contribution in [3.8, 4) is 17.5 Å². The van der Waals surface area contributed by atoms with E-state index in [-0.39, 0.29) is 23.0 Å². The molecule has 0 saturated heterocycles. The summed E-state index contributed by atoms with van der Waals surface area (Å²) >= 11 is 0. The molecule has 0 bridgehead atoms. The third-order valence-corrected chi connectivity index (χ3v) is 6.69. The normalized spacial score (nSPS) is 13.9. The van der Waals surface area contributed by atoms with Crippen molar-refractivity contribution in [1.29, 1.82) is 5.26 Å². The Balaban J connectivity index is 1.45. The van der Waals surface area contributed by atoms with Gasteiger partial charge in [0.2, 0.25) is 0 Å². The fourth-order valence-corrected chi connectivity index (χ4v) is 4.41. The lowest BCUT2D eigenvalue weighted by Gasteiger charge is -2.21. The molecule has 40 heavy (non-hydrogen) atoms. The monoisotopic (exact) mass is 545 g/mol. The number of methoxy groups -OCH3 is 1. The number of benzene rings is 3. The summed E-state index contributed by atoms with van der Waals surface area (Å²) in [7, 11) is 1.60. The highest BCUT2D eigenvalue weighted by Crippen LogP contribution is 2.32. The number of rotatable bonds is 9. The van der Waals surface area contributed by atoms with E-state index in [1.807, 2.05) is 36.4 Å². The van der Waals surface area contributed by atoms with Crippen LogP contribution in [0.15, 0.2) is 78.9 Å². The minimum absolute atomic E-state index is 0.164. The first kappa shape index (κ1) is 27.0. The summed E-state index contributed by atoms with van der Waals surface area (Å²) in [5.74, 6) is 0.599. The third kappa shape index (κ3) is 6.16. The van der Waals surface area contributed by atoms with Crippen LogP contribution in [0, 0.1) is 17.2 Å². The Morgan fingerprint density at radius 2 is 1.82 bits per heavy atom. The first-order chi connectivity index (χ1) is 19.2. The summed E-state index contributed by atoms with van der Waals surface area (Å²) in [5, 5.41) is 19.2. The molecule has 1 aliphatic carbocycles. The minimum atomic E-state index is -4.76. The Hall–Kier alpha value is -4.62. The number of hydrogen-bond acceptors (Lipinski definition) is 5. The number of anilines is 1. The summed E-state index contributed by atoms with van der Waals surface area (Å²) in [6.07, 6.45) is -2.39. The van der Waals surface area contributed by atoms with Gasteiger partial charge in [-0.05, 0) is 78.9 Å². The van der Waals surface area contributed by atoms with Crippen LogP contribution in [0.2, 0.25) is 0 Å². The average molecular weight is 546 g/mol. The van der Waals surface area contributed by atoms with E-state index in [9.17, 15) is 23.2 Å². The lowest BCUT2D eigenvalue weighted by Crippen LogP contribution is -2.25. The van der Waals surface area contributed by atoms with Crippen molar-refractivity contribution in [3.05, 3.63) is 107 Å². The summed E-state index contributed by atoms with van der Waals surface area (Å²) in [4.78, 5) is 13.3. The largest absolute Gasteiger partial charge is 0.497 e. The van der Waals surface area contributed by atoms with Gasteiger partial charge >= 0.3 is 6.18 Å². The van der Waals surface area contributed by atoms with Gasteiger partial charge < -0.3 is 15.4 Å². The molecule has 3 aromatic carbocycles. The molecule has 1 saturated carbocycles. The van der Waals surface area contributed by atoms with Crippen molar-refractivity contribution in [1.82, 2.24) is 15.1 Å². The molecule has 0 radical (unpaired) electrons. The molecule has 0 spiro atoms. The Labute approximate surface area is 229 Å². The first-order valence-corrected chi connectivity index (χ1v) is 12.7. The van der Waals surface area contributed by atoms with Crippen molar-refractivity contribution in [2.75, 3.05) is 19.0 Å². The maximum absolute atomic E-state index is 13.5. The van der Waals surface area contributed by atoms with Crippen molar-refractivity contribution < 1.29 is 22.7 Å². The van der Waals surface area contributed by atoms with Crippen LogP contribution in [0.1, 0.15) is 51.8 Å². The van der Waals surface area contributed by atoms with Crippen molar-refractivity contribution in [3.63, 3.8) is 0 Å². The van der Waals surface area contributed by atoms with Crippen LogP contribution < -0.4 is 15.4 Å². The van der Waals surface area contributed by atoms with E-state index in [4.69, 9.17) is 4.74 Å². The van der Waals surface area contributed by atoms with E-state index in [0.29, 0.717) is 17.7 Å². The fraction of sp³-hybridized carbons (Fsp3) is 0.233. The zero-order valence-electron chi connectivity index (χ0n) is 21.6. The molecule has 1 unspecified atom stereocenters. The predicted molar refractivity (Wildman–Crippen MR) is 143 cm³/mol. The molecule has 1 amide bonds. The van der Waals surface area contributed by atoms with E-state index in [2.05, 4.69) is 15.7 Å². The number of carbonyl (C=O) groups is 1. The number of halogens is 3. The Kier molecular flexibility index (Phi) is 7.58. The molecule has 1 atom stereocenters. The molecule has 7 nitrogen and oxygen atoms in total. The van der Waals surface area contributed by atoms with Crippen LogP contribution in [-0.2, 0) is 6.18 Å². The number of nitrogens with one attached hydrogen (secondary N) is 2. The number of nitrogens with zero attached hydrogens (tertiary/aromatic N) is 3. The van der Waals surface area contributed by atoms with E-state index in [1.165, 1.54) is 37.1 Å². The standard InChI is InChI=1S/C30H26F3N5O2/c1-40-25-12-10-21(11-13-25)28(35-18-19-8-9-19)22-5-3-6-23(15-22)36-29(39)26-16-27(30(31,32)33)37-38(26)24-7-2-4-20(14-24)17-34/h2-7,10-16,19,28,35H,8-9,18H2,1H3,(H,36,39). The number of carbonyl (C=O) groups excluding carboxylic acids is 1. The minimum Gasteiger partial charge on any atom is -0.497 e. The Bertz CT molecular complexity index is 1550. The van der Waals surface area contributed by atoms with E-state index < -0.39 is 17.8 Å². The van der Waals surface area contributed by atoms with Gasteiger partial charge in [0.15, 0.2) is 5.69 Å². The maximum atomic E-state index is 13.5. The Morgan fingerprint density at radius 1 is 1.07 bits per heavy atom. The number of ether oxygens (including phenoxy) is 1. The van der Waals surface area contributed by atoms with Crippen LogP contribution in [0.5, 0.6) is 5.75 Å². The van der Waals surface area contributed by atoms with Gasteiger partial charge in [-0.1, -0.05) is 30.3 Å². The van der Waals surface area contributed by atoms with E-state index in [1.54, 1.807) is 25.3 Å². The molecule has 204 valence electrons. The van der Waals surface area contributed by atoms with Gasteiger partial charge in [0.25, 0.3) is 5.91 Å². The zero-order valence-corrected chi connectivity index (χ0v) is 21.6.